The standard InChI is InChI=1S/C16H29NO3/c1-12(2)13-6-5-8-17(9-7-13)14(18)10-16(3,4)11-15(19)20/h12-13H,5-11H2,1-4H3,(H,19,20). The maximum Gasteiger partial charge on any atom is 0.303 e. The van der Waals surface area contributed by atoms with Gasteiger partial charge >= 0.3 is 5.97 Å². The van der Waals surface area contributed by atoms with E-state index in [2.05, 4.69) is 13.8 Å². The molecule has 1 aliphatic heterocycles. The van der Waals surface area contributed by atoms with E-state index in [4.69, 9.17) is 5.11 Å². The van der Waals surface area contributed by atoms with E-state index in [0.717, 1.165) is 25.9 Å². The molecule has 116 valence electrons. The van der Waals surface area contributed by atoms with Crippen LogP contribution in [0.2, 0.25) is 0 Å². The quantitative estimate of drug-likeness (QED) is 0.843. The van der Waals surface area contributed by atoms with Crippen LogP contribution in [0.1, 0.15) is 59.8 Å². The fourth-order valence-electron chi connectivity index (χ4n) is 3.03. The first-order valence-corrected chi connectivity index (χ1v) is 7.71. The second-order valence-electron chi connectivity index (χ2n) is 7.23. The van der Waals surface area contributed by atoms with Gasteiger partial charge in [-0.05, 0) is 36.5 Å². The summed E-state index contributed by atoms with van der Waals surface area (Å²) in [7, 11) is 0. The minimum Gasteiger partial charge on any atom is -0.481 e. The van der Waals surface area contributed by atoms with E-state index in [1.165, 1.54) is 6.42 Å². The first-order valence-electron chi connectivity index (χ1n) is 7.71. The highest BCUT2D eigenvalue weighted by Gasteiger charge is 2.29. The lowest BCUT2D eigenvalue weighted by Crippen LogP contribution is -2.35. The molecule has 1 atom stereocenters. The third-order valence-corrected chi connectivity index (χ3v) is 4.33. The maximum absolute atomic E-state index is 12.4. The zero-order chi connectivity index (χ0) is 15.3. The van der Waals surface area contributed by atoms with Gasteiger partial charge in [-0.1, -0.05) is 27.7 Å². The van der Waals surface area contributed by atoms with Gasteiger partial charge < -0.3 is 10.0 Å². The first-order chi connectivity index (χ1) is 9.21. The van der Waals surface area contributed by atoms with Crippen LogP contribution >= 0.6 is 0 Å². The second-order valence-corrected chi connectivity index (χ2v) is 7.23. The predicted molar refractivity (Wildman–Crippen MR) is 79.4 cm³/mol. The molecule has 20 heavy (non-hydrogen) atoms. The third-order valence-electron chi connectivity index (χ3n) is 4.33. The topological polar surface area (TPSA) is 57.6 Å². The minimum atomic E-state index is -0.835. The predicted octanol–water partition coefficient (Wildman–Crippen LogP) is 3.16. The minimum absolute atomic E-state index is 0.0429. The van der Waals surface area contributed by atoms with Crippen LogP contribution in [-0.2, 0) is 9.59 Å². The first kappa shape index (κ1) is 17.0. The molecule has 4 nitrogen and oxygen atoms in total. The Labute approximate surface area is 122 Å². The van der Waals surface area contributed by atoms with Crippen molar-refractivity contribution in [2.45, 2.75) is 59.8 Å². The van der Waals surface area contributed by atoms with Crippen LogP contribution in [0.3, 0.4) is 0 Å². The zero-order valence-corrected chi connectivity index (χ0v) is 13.3. The van der Waals surface area contributed by atoms with Gasteiger partial charge in [0.2, 0.25) is 5.91 Å². The van der Waals surface area contributed by atoms with E-state index in [9.17, 15) is 9.59 Å². The number of carboxylic acid groups (broad SMARTS) is 1. The SMILES string of the molecule is CC(C)C1CCCN(C(=O)CC(C)(C)CC(=O)O)CC1. The lowest BCUT2D eigenvalue weighted by molar-refractivity contribution is -0.140. The molecule has 0 spiro atoms. The van der Waals surface area contributed by atoms with E-state index >= 15 is 0 Å². The van der Waals surface area contributed by atoms with Gasteiger partial charge in [-0.15, -0.1) is 0 Å². The molecule has 1 unspecified atom stereocenters. The summed E-state index contributed by atoms with van der Waals surface area (Å²) in [5.74, 6) is 0.660. The van der Waals surface area contributed by atoms with Gasteiger partial charge in [-0.2, -0.15) is 0 Å². The number of carbonyl (C=O) groups is 2. The van der Waals surface area contributed by atoms with Gasteiger partial charge in [-0.25, -0.2) is 0 Å². The van der Waals surface area contributed by atoms with Crippen molar-refractivity contribution in [1.29, 1.82) is 0 Å². The van der Waals surface area contributed by atoms with E-state index in [0.29, 0.717) is 18.3 Å². The van der Waals surface area contributed by atoms with Gasteiger partial charge in [0.15, 0.2) is 0 Å². The molecule has 0 bridgehead atoms. The van der Waals surface area contributed by atoms with Gasteiger partial charge in [0.05, 0.1) is 6.42 Å². The van der Waals surface area contributed by atoms with E-state index in [1.807, 2.05) is 18.7 Å². The number of carboxylic acids is 1. The summed E-state index contributed by atoms with van der Waals surface area (Å²) in [6.07, 6.45) is 3.70. The third kappa shape index (κ3) is 5.51. The molecule has 1 saturated heterocycles. The fraction of sp³-hybridized carbons (Fsp3) is 0.875. The van der Waals surface area contributed by atoms with Crippen LogP contribution in [-0.4, -0.2) is 35.0 Å². The highest BCUT2D eigenvalue weighted by molar-refractivity contribution is 5.78. The normalized spacial score (nSPS) is 20.9. The number of rotatable bonds is 5. The average molecular weight is 283 g/mol. The lowest BCUT2D eigenvalue weighted by Gasteiger charge is -2.27. The number of amides is 1. The van der Waals surface area contributed by atoms with Gasteiger partial charge in [0.25, 0.3) is 0 Å². The summed E-state index contributed by atoms with van der Waals surface area (Å²) < 4.78 is 0. The molecular weight excluding hydrogens is 254 g/mol. The molecule has 1 amide bonds. The van der Waals surface area contributed by atoms with Crippen molar-refractivity contribution in [3.8, 4) is 0 Å². The number of nitrogens with zero attached hydrogens (tertiary/aromatic N) is 1. The average Bonchev–Trinajstić information content (AvgIpc) is 2.51. The highest BCUT2D eigenvalue weighted by atomic mass is 16.4. The molecule has 1 aliphatic rings. The number of aliphatic carboxylic acids is 1. The van der Waals surface area contributed by atoms with Crippen LogP contribution in [0.4, 0.5) is 0 Å². The van der Waals surface area contributed by atoms with E-state index < -0.39 is 11.4 Å². The summed E-state index contributed by atoms with van der Waals surface area (Å²) >= 11 is 0. The number of hydrogen-bond acceptors (Lipinski definition) is 2. The number of hydrogen-bond donors (Lipinski definition) is 1. The molecule has 1 N–H and O–H groups in total. The summed E-state index contributed by atoms with van der Waals surface area (Å²) in [5.41, 5.74) is -0.466. The summed E-state index contributed by atoms with van der Waals surface area (Å²) in [5, 5.41) is 8.89. The molecule has 0 aromatic carbocycles. The molecule has 0 aromatic heterocycles. The van der Waals surface area contributed by atoms with E-state index in [-0.39, 0.29) is 12.3 Å². The molecule has 0 aliphatic carbocycles. The Hall–Kier alpha value is -1.06. The lowest BCUT2D eigenvalue weighted by atomic mass is 9.85. The van der Waals surface area contributed by atoms with Crippen LogP contribution < -0.4 is 0 Å². The van der Waals surface area contributed by atoms with Gasteiger partial charge in [0, 0.05) is 19.5 Å². The molecule has 0 aromatic rings. The Bertz CT molecular complexity index is 350. The highest BCUT2D eigenvalue weighted by Crippen LogP contribution is 2.28. The smallest absolute Gasteiger partial charge is 0.303 e. The fourth-order valence-corrected chi connectivity index (χ4v) is 3.03. The van der Waals surface area contributed by atoms with Crippen molar-refractivity contribution in [1.82, 2.24) is 4.90 Å². The van der Waals surface area contributed by atoms with Crippen molar-refractivity contribution < 1.29 is 14.7 Å². The number of carbonyl (C=O) groups excluding carboxylic acids is 1. The molecule has 0 saturated carbocycles. The monoisotopic (exact) mass is 283 g/mol. The van der Waals surface area contributed by atoms with Crippen LogP contribution in [0, 0.1) is 17.3 Å². The van der Waals surface area contributed by atoms with Crippen molar-refractivity contribution in [3.05, 3.63) is 0 Å². The molecule has 0 radical (unpaired) electrons. The molecule has 4 heteroatoms. The summed E-state index contributed by atoms with van der Waals surface area (Å²) in [6.45, 7) is 9.85. The van der Waals surface area contributed by atoms with Gasteiger partial charge in [-0.3, -0.25) is 9.59 Å². The number of likely N-dealkylation sites (tertiary alicyclic amines) is 1. The largest absolute Gasteiger partial charge is 0.481 e. The maximum atomic E-state index is 12.4. The summed E-state index contributed by atoms with van der Waals surface area (Å²) in [4.78, 5) is 25.1. The van der Waals surface area contributed by atoms with Crippen LogP contribution in [0.5, 0.6) is 0 Å². The van der Waals surface area contributed by atoms with Crippen LogP contribution in [0.15, 0.2) is 0 Å². The molecular formula is C16H29NO3. The Morgan fingerprint density at radius 1 is 1.20 bits per heavy atom. The van der Waals surface area contributed by atoms with E-state index in [1.54, 1.807) is 0 Å². The summed E-state index contributed by atoms with van der Waals surface area (Å²) in [6, 6.07) is 0. The molecule has 1 heterocycles. The molecule has 1 fully saturated rings. The Balaban J connectivity index is 2.53. The zero-order valence-electron chi connectivity index (χ0n) is 13.3. The Morgan fingerprint density at radius 3 is 2.40 bits per heavy atom. The Morgan fingerprint density at radius 2 is 1.85 bits per heavy atom. The van der Waals surface area contributed by atoms with Crippen molar-refractivity contribution in [2.24, 2.45) is 17.3 Å². The van der Waals surface area contributed by atoms with Crippen molar-refractivity contribution >= 4 is 11.9 Å². The second kappa shape index (κ2) is 7.09. The Kier molecular flexibility index (Phi) is 6.03. The van der Waals surface area contributed by atoms with Crippen LogP contribution in [0.25, 0.3) is 0 Å². The molecule has 1 rings (SSSR count). The van der Waals surface area contributed by atoms with Crippen molar-refractivity contribution in [3.63, 3.8) is 0 Å². The van der Waals surface area contributed by atoms with Gasteiger partial charge in [0.1, 0.15) is 0 Å². The van der Waals surface area contributed by atoms with Crippen molar-refractivity contribution in [2.75, 3.05) is 13.1 Å².